The summed E-state index contributed by atoms with van der Waals surface area (Å²) in [6.45, 7) is 1.14. The quantitative estimate of drug-likeness (QED) is 0.402. The Balaban J connectivity index is 3.01. The molecule has 0 amide bonds. The lowest BCUT2D eigenvalue weighted by molar-refractivity contribution is -0.417. The predicted molar refractivity (Wildman–Crippen MR) is 44.4 cm³/mol. The molecule has 0 N–H and O–H groups in total. The van der Waals surface area contributed by atoms with Gasteiger partial charge in [-0.25, -0.2) is 0 Å². The van der Waals surface area contributed by atoms with E-state index in [0.29, 0.717) is 5.76 Å². The molecule has 1 aromatic rings. The molecule has 0 fully saturated rings. The number of nitrogens with zero attached hydrogens (tertiary/aromatic N) is 1. The van der Waals surface area contributed by atoms with Crippen LogP contribution >= 0.6 is 0 Å². The number of Topliss-reactive ketones (excluding diaryl/α,β-unsaturated/α-hetero) is 1. The van der Waals surface area contributed by atoms with Crippen LogP contribution < -0.4 is 0 Å². The normalized spacial score (nSPS) is 11.3. The zero-order valence-electron chi connectivity index (χ0n) is 6.89. The van der Waals surface area contributed by atoms with Crippen molar-refractivity contribution >= 4 is 11.9 Å². The van der Waals surface area contributed by atoms with Crippen LogP contribution in [0.1, 0.15) is 12.7 Å². The first-order valence-electron chi connectivity index (χ1n) is 3.52. The molecule has 1 aromatic heterocycles. The third kappa shape index (κ3) is 2.26. The highest BCUT2D eigenvalue weighted by atomic mass is 16.6. The lowest BCUT2D eigenvalue weighted by Crippen LogP contribution is -2.06. The lowest BCUT2D eigenvalue weighted by atomic mass is 10.3. The molecule has 1 rings (SSSR count). The van der Waals surface area contributed by atoms with E-state index in [-0.39, 0.29) is 0 Å². The molecule has 68 valence electrons. The molecule has 1 heterocycles. The van der Waals surface area contributed by atoms with Crippen molar-refractivity contribution in [1.29, 1.82) is 0 Å². The summed E-state index contributed by atoms with van der Waals surface area (Å²) in [7, 11) is 0. The van der Waals surface area contributed by atoms with E-state index in [1.165, 1.54) is 12.3 Å². The fourth-order valence-electron chi connectivity index (χ4n) is 0.791. The maximum absolute atomic E-state index is 10.8. The van der Waals surface area contributed by atoms with Crippen LogP contribution in [0.3, 0.4) is 0 Å². The second kappa shape index (κ2) is 3.66. The molecule has 0 aliphatic rings. The number of allylic oxidation sites excluding steroid dienone is 1. The minimum absolute atomic E-state index is 0.293. The molecular weight excluding hydrogens is 174 g/mol. The second-order valence-corrected chi connectivity index (χ2v) is 2.36. The minimum Gasteiger partial charge on any atom is -0.465 e. The highest BCUT2D eigenvalue weighted by Gasteiger charge is 2.17. The van der Waals surface area contributed by atoms with Gasteiger partial charge in [-0.2, -0.15) is 0 Å². The Morgan fingerprint density at radius 3 is 2.77 bits per heavy atom. The van der Waals surface area contributed by atoms with Crippen LogP contribution in [0.2, 0.25) is 0 Å². The standard InChI is InChI=1S/C8H7NO4/c1-6(10)8(9(11)12)5-7-3-2-4-13-7/h2-5H,1H3. The Hall–Kier alpha value is -1.91. The molecule has 0 unspecified atom stereocenters. The summed E-state index contributed by atoms with van der Waals surface area (Å²) in [4.78, 5) is 20.4. The van der Waals surface area contributed by atoms with Gasteiger partial charge in [0.2, 0.25) is 5.78 Å². The van der Waals surface area contributed by atoms with Gasteiger partial charge in [0.15, 0.2) is 0 Å². The van der Waals surface area contributed by atoms with Gasteiger partial charge < -0.3 is 4.42 Å². The van der Waals surface area contributed by atoms with Crippen LogP contribution in [0.4, 0.5) is 0 Å². The number of nitro groups is 1. The highest BCUT2D eigenvalue weighted by Crippen LogP contribution is 2.08. The maximum Gasteiger partial charge on any atom is 0.315 e. The van der Waals surface area contributed by atoms with Gasteiger partial charge >= 0.3 is 5.70 Å². The first kappa shape index (κ1) is 9.18. The van der Waals surface area contributed by atoms with Crippen molar-refractivity contribution in [1.82, 2.24) is 0 Å². The van der Waals surface area contributed by atoms with Crippen LogP contribution in [-0.2, 0) is 4.79 Å². The SMILES string of the molecule is CC(=O)C(=Cc1ccco1)[N+](=O)[O-]. The third-order valence-electron chi connectivity index (χ3n) is 1.38. The van der Waals surface area contributed by atoms with Crippen molar-refractivity contribution in [2.45, 2.75) is 6.92 Å². The van der Waals surface area contributed by atoms with Gasteiger partial charge in [-0.3, -0.25) is 14.9 Å². The largest absolute Gasteiger partial charge is 0.465 e. The van der Waals surface area contributed by atoms with E-state index >= 15 is 0 Å². The topological polar surface area (TPSA) is 73.3 Å². The Labute approximate surface area is 73.8 Å². The Morgan fingerprint density at radius 1 is 1.69 bits per heavy atom. The molecule has 0 spiro atoms. The van der Waals surface area contributed by atoms with E-state index in [1.54, 1.807) is 6.07 Å². The van der Waals surface area contributed by atoms with Crippen molar-refractivity contribution in [3.8, 4) is 0 Å². The third-order valence-corrected chi connectivity index (χ3v) is 1.38. The summed E-state index contributed by atoms with van der Waals surface area (Å²) >= 11 is 0. The van der Waals surface area contributed by atoms with Crippen LogP contribution in [0.15, 0.2) is 28.5 Å². The van der Waals surface area contributed by atoms with E-state index in [4.69, 9.17) is 4.42 Å². The van der Waals surface area contributed by atoms with Gasteiger partial charge in [0.1, 0.15) is 5.76 Å². The summed E-state index contributed by atoms with van der Waals surface area (Å²) < 4.78 is 4.83. The summed E-state index contributed by atoms with van der Waals surface area (Å²) in [5, 5.41) is 10.3. The number of carbonyl (C=O) groups is 1. The monoisotopic (exact) mass is 181 g/mol. The van der Waals surface area contributed by atoms with Crippen molar-refractivity contribution < 1.29 is 14.1 Å². The van der Waals surface area contributed by atoms with Crippen LogP contribution in [0.25, 0.3) is 6.08 Å². The van der Waals surface area contributed by atoms with Gasteiger partial charge in [-0.1, -0.05) is 0 Å². The minimum atomic E-state index is -0.731. The smallest absolute Gasteiger partial charge is 0.315 e. The predicted octanol–water partition coefficient (Wildman–Crippen LogP) is 1.49. The fourth-order valence-corrected chi connectivity index (χ4v) is 0.791. The number of rotatable bonds is 3. The van der Waals surface area contributed by atoms with Crippen molar-refractivity contribution in [2.24, 2.45) is 0 Å². The molecule has 5 nitrogen and oxygen atoms in total. The first-order valence-corrected chi connectivity index (χ1v) is 3.52. The number of carbonyl (C=O) groups excluding carboxylic acids is 1. The van der Waals surface area contributed by atoms with Crippen LogP contribution in [-0.4, -0.2) is 10.7 Å². The van der Waals surface area contributed by atoms with Gasteiger partial charge in [0.05, 0.1) is 17.3 Å². The van der Waals surface area contributed by atoms with Crippen LogP contribution in [0.5, 0.6) is 0 Å². The average Bonchev–Trinajstić information content (AvgIpc) is 2.50. The van der Waals surface area contributed by atoms with Crippen molar-refractivity contribution in [2.75, 3.05) is 0 Å². The van der Waals surface area contributed by atoms with Gasteiger partial charge in [0.25, 0.3) is 0 Å². The molecule has 0 aromatic carbocycles. The maximum atomic E-state index is 10.8. The molecule has 0 aliphatic heterocycles. The van der Waals surface area contributed by atoms with Gasteiger partial charge in [-0.05, 0) is 12.1 Å². The molecule has 0 aliphatic carbocycles. The fraction of sp³-hybridized carbons (Fsp3) is 0.125. The molecule has 13 heavy (non-hydrogen) atoms. The average molecular weight is 181 g/mol. The number of hydrogen-bond acceptors (Lipinski definition) is 4. The van der Waals surface area contributed by atoms with Crippen LogP contribution in [0, 0.1) is 10.1 Å². The zero-order chi connectivity index (χ0) is 9.84. The molecule has 0 atom stereocenters. The number of furan rings is 1. The van der Waals surface area contributed by atoms with E-state index in [1.807, 2.05) is 0 Å². The Morgan fingerprint density at radius 2 is 2.38 bits per heavy atom. The molecular formula is C8H7NO4. The molecule has 0 bridgehead atoms. The molecule has 0 saturated heterocycles. The summed E-state index contributed by atoms with van der Waals surface area (Å²) in [6, 6.07) is 3.12. The van der Waals surface area contributed by atoms with Crippen molar-refractivity contribution in [3.05, 3.63) is 40.0 Å². The summed E-state index contributed by atoms with van der Waals surface area (Å²) in [5.74, 6) is -0.302. The van der Waals surface area contributed by atoms with E-state index < -0.39 is 16.4 Å². The highest BCUT2D eigenvalue weighted by molar-refractivity contribution is 5.94. The number of ketones is 1. The van der Waals surface area contributed by atoms with E-state index in [0.717, 1.165) is 13.0 Å². The van der Waals surface area contributed by atoms with E-state index in [2.05, 4.69) is 0 Å². The summed E-state index contributed by atoms with van der Waals surface area (Å²) in [5.41, 5.74) is -0.477. The summed E-state index contributed by atoms with van der Waals surface area (Å²) in [6.07, 6.45) is 2.48. The molecule has 5 heteroatoms. The Bertz CT molecular complexity index is 334. The molecule has 0 radical (unpaired) electrons. The van der Waals surface area contributed by atoms with Gasteiger partial charge in [0, 0.05) is 6.92 Å². The number of hydrogen-bond donors (Lipinski definition) is 0. The lowest BCUT2D eigenvalue weighted by Gasteiger charge is -1.90. The van der Waals surface area contributed by atoms with Gasteiger partial charge in [-0.15, -0.1) is 0 Å². The van der Waals surface area contributed by atoms with E-state index in [9.17, 15) is 14.9 Å². The van der Waals surface area contributed by atoms with Crippen molar-refractivity contribution in [3.63, 3.8) is 0 Å². The first-order chi connectivity index (χ1) is 6.11. The molecule has 0 saturated carbocycles. The zero-order valence-corrected chi connectivity index (χ0v) is 6.89. The Kier molecular flexibility index (Phi) is 2.59. The second-order valence-electron chi connectivity index (χ2n) is 2.36.